The molecule has 0 fully saturated rings. The number of aromatic nitrogens is 2. The van der Waals surface area contributed by atoms with Crippen LogP contribution in [0.25, 0.3) is 0 Å². The van der Waals surface area contributed by atoms with Gasteiger partial charge < -0.3 is 4.74 Å². The van der Waals surface area contributed by atoms with E-state index in [0.717, 1.165) is 17.3 Å². The maximum absolute atomic E-state index is 12.2. The van der Waals surface area contributed by atoms with Gasteiger partial charge in [0.15, 0.2) is 5.69 Å². The third-order valence-corrected chi connectivity index (χ3v) is 5.05. The summed E-state index contributed by atoms with van der Waals surface area (Å²) in [6.07, 6.45) is 1.08. The summed E-state index contributed by atoms with van der Waals surface area (Å²) >= 11 is 5.89. The zero-order valence-electron chi connectivity index (χ0n) is 12.8. The van der Waals surface area contributed by atoms with E-state index >= 15 is 0 Å². The van der Waals surface area contributed by atoms with Gasteiger partial charge in [-0.2, -0.15) is 0 Å². The minimum atomic E-state index is -3.64. The third-order valence-electron chi connectivity index (χ3n) is 3.26. The molecule has 2 aromatic rings. The molecule has 0 radical (unpaired) electrons. The van der Waals surface area contributed by atoms with Gasteiger partial charge in [-0.25, -0.2) is 23.2 Å². The summed E-state index contributed by atoms with van der Waals surface area (Å²) < 4.78 is 28.8. The highest BCUT2D eigenvalue weighted by Gasteiger charge is 2.22. The number of halogens is 1. The van der Waals surface area contributed by atoms with E-state index < -0.39 is 21.0 Å². The van der Waals surface area contributed by atoms with Crippen molar-refractivity contribution in [1.82, 2.24) is 9.97 Å². The number of hydrogen-bond donors (Lipinski definition) is 0. The number of sulfone groups is 1. The first-order valence-corrected chi connectivity index (χ1v) is 8.82. The van der Waals surface area contributed by atoms with Crippen LogP contribution in [-0.2, 0) is 9.84 Å². The molecule has 2 rings (SSSR count). The molecule has 0 bridgehead atoms. The number of rotatable bonds is 4. The Hall–Kier alpha value is -1.99. The van der Waals surface area contributed by atoms with Crippen LogP contribution in [0.4, 0.5) is 0 Å². The number of aryl methyl sites for hydroxylation is 2. The molecular formula is C15H15ClN2O4S. The molecule has 0 spiro atoms. The van der Waals surface area contributed by atoms with E-state index in [4.69, 9.17) is 16.3 Å². The first kappa shape index (κ1) is 17.4. The van der Waals surface area contributed by atoms with Crippen molar-refractivity contribution < 1.29 is 17.9 Å². The van der Waals surface area contributed by atoms with Crippen molar-refractivity contribution in [1.29, 1.82) is 0 Å². The standard InChI is InChI=1S/C15H15ClN2O4S/c1-4-23(20,21)15-17-8-12(16)13(18-15)14(19)22-11-6-5-9(2)10(3)7-11/h5-8H,4H2,1-3H3. The van der Waals surface area contributed by atoms with Crippen LogP contribution >= 0.6 is 11.6 Å². The molecule has 8 heteroatoms. The number of ether oxygens (including phenoxy) is 1. The van der Waals surface area contributed by atoms with Crippen molar-refractivity contribution in [3.8, 4) is 5.75 Å². The predicted molar refractivity (Wildman–Crippen MR) is 85.6 cm³/mol. The van der Waals surface area contributed by atoms with Gasteiger partial charge in [-0.15, -0.1) is 0 Å². The van der Waals surface area contributed by atoms with Crippen molar-refractivity contribution in [3.63, 3.8) is 0 Å². The lowest BCUT2D eigenvalue weighted by Crippen LogP contribution is -2.16. The largest absolute Gasteiger partial charge is 0.422 e. The van der Waals surface area contributed by atoms with Crippen LogP contribution in [0.15, 0.2) is 29.6 Å². The van der Waals surface area contributed by atoms with E-state index in [2.05, 4.69) is 9.97 Å². The molecule has 0 amide bonds. The number of esters is 1. The molecule has 122 valence electrons. The molecular weight excluding hydrogens is 340 g/mol. The van der Waals surface area contributed by atoms with Crippen molar-refractivity contribution >= 4 is 27.4 Å². The highest BCUT2D eigenvalue weighted by atomic mass is 35.5. The summed E-state index contributed by atoms with van der Waals surface area (Å²) in [5.41, 5.74) is 1.73. The Labute approximate surface area is 139 Å². The van der Waals surface area contributed by atoms with Crippen molar-refractivity contribution in [2.75, 3.05) is 5.75 Å². The Bertz CT molecular complexity index is 866. The van der Waals surface area contributed by atoms with Crippen molar-refractivity contribution in [3.05, 3.63) is 46.2 Å². The lowest BCUT2D eigenvalue weighted by Gasteiger charge is -2.08. The number of carbonyl (C=O) groups excluding carboxylic acids is 1. The lowest BCUT2D eigenvalue weighted by molar-refractivity contribution is 0.0727. The van der Waals surface area contributed by atoms with Gasteiger partial charge in [0.2, 0.25) is 15.0 Å². The first-order chi connectivity index (χ1) is 10.7. The van der Waals surface area contributed by atoms with E-state index in [1.165, 1.54) is 6.92 Å². The highest BCUT2D eigenvalue weighted by Crippen LogP contribution is 2.20. The van der Waals surface area contributed by atoms with E-state index in [1.54, 1.807) is 12.1 Å². The Morgan fingerprint density at radius 2 is 1.96 bits per heavy atom. The molecule has 6 nitrogen and oxygen atoms in total. The maximum Gasteiger partial charge on any atom is 0.364 e. The van der Waals surface area contributed by atoms with Crippen LogP contribution in [-0.4, -0.2) is 30.1 Å². The fourth-order valence-electron chi connectivity index (χ4n) is 1.71. The first-order valence-electron chi connectivity index (χ1n) is 6.79. The van der Waals surface area contributed by atoms with Gasteiger partial charge >= 0.3 is 5.97 Å². The Kier molecular flexibility index (Phi) is 5.01. The minimum Gasteiger partial charge on any atom is -0.422 e. The lowest BCUT2D eigenvalue weighted by atomic mass is 10.1. The second kappa shape index (κ2) is 6.64. The smallest absolute Gasteiger partial charge is 0.364 e. The third kappa shape index (κ3) is 3.86. The summed E-state index contributed by atoms with van der Waals surface area (Å²) in [5, 5.41) is -0.523. The quantitative estimate of drug-likeness (QED) is 0.476. The molecule has 0 saturated carbocycles. The normalized spacial score (nSPS) is 11.3. The molecule has 0 N–H and O–H groups in total. The molecule has 0 aliphatic carbocycles. The monoisotopic (exact) mass is 354 g/mol. The average Bonchev–Trinajstić information content (AvgIpc) is 2.51. The van der Waals surface area contributed by atoms with Gasteiger partial charge in [-0.1, -0.05) is 24.6 Å². The van der Waals surface area contributed by atoms with Crippen LogP contribution < -0.4 is 4.74 Å². The summed E-state index contributed by atoms with van der Waals surface area (Å²) in [4.78, 5) is 19.6. The Balaban J connectivity index is 2.35. The van der Waals surface area contributed by atoms with Crippen LogP contribution in [0, 0.1) is 13.8 Å². The van der Waals surface area contributed by atoms with E-state index in [1.807, 2.05) is 19.9 Å². The highest BCUT2D eigenvalue weighted by molar-refractivity contribution is 7.91. The molecule has 1 aromatic heterocycles. The molecule has 0 aliphatic rings. The molecule has 1 aromatic carbocycles. The summed E-state index contributed by atoms with van der Waals surface area (Å²) in [5.74, 6) is -0.693. The zero-order valence-corrected chi connectivity index (χ0v) is 14.4. The van der Waals surface area contributed by atoms with Crippen LogP contribution in [0.3, 0.4) is 0 Å². The zero-order chi connectivity index (χ0) is 17.2. The van der Waals surface area contributed by atoms with Gasteiger partial charge in [-0.05, 0) is 37.1 Å². The fraction of sp³-hybridized carbons (Fsp3) is 0.267. The van der Waals surface area contributed by atoms with Crippen molar-refractivity contribution in [2.24, 2.45) is 0 Å². The van der Waals surface area contributed by atoms with Gasteiger partial charge in [0.05, 0.1) is 17.0 Å². The predicted octanol–water partition coefficient (Wildman–Crippen LogP) is 2.76. The van der Waals surface area contributed by atoms with Gasteiger partial charge in [0.1, 0.15) is 5.75 Å². The molecule has 0 aliphatic heterocycles. The Morgan fingerprint density at radius 1 is 1.26 bits per heavy atom. The van der Waals surface area contributed by atoms with E-state index in [-0.39, 0.29) is 16.5 Å². The van der Waals surface area contributed by atoms with Crippen LogP contribution in [0.2, 0.25) is 5.02 Å². The van der Waals surface area contributed by atoms with Crippen LogP contribution in [0.5, 0.6) is 5.75 Å². The molecule has 0 unspecified atom stereocenters. The van der Waals surface area contributed by atoms with Gasteiger partial charge in [0, 0.05) is 0 Å². The van der Waals surface area contributed by atoms with Crippen LogP contribution in [0.1, 0.15) is 28.5 Å². The SMILES string of the molecule is CCS(=O)(=O)c1ncc(Cl)c(C(=O)Oc2ccc(C)c(C)c2)n1. The van der Waals surface area contributed by atoms with E-state index in [9.17, 15) is 13.2 Å². The molecule has 23 heavy (non-hydrogen) atoms. The summed E-state index contributed by atoms with van der Waals surface area (Å²) in [7, 11) is -3.64. The Morgan fingerprint density at radius 3 is 2.57 bits per heavy atom. The van der Waals surface area contributed by atoms with Gasteiger partial charge in [0.25, 0.3) is 0 Å². The average molecular weight is 355 g/mol. The number of nitrogens with zero attached hydrogens (tertiary/aromatic N) is 2. The number of hydrogen-bond acceptors (Lipinski definition) is 6. The minimum absolute atomic E-state index is 0.0751. The molecule has 0 atom stereocenters. The number of benzene rings is 1. The summed E-state index contributed by atoms with van der Waals surface area (Å²) in [6, 6.07) is 5.15. The molecule has 1 heterocycles. The second-order valence-corrected chi connectivity index (χ2v) is 7.47. The topological polar surface area (TPSA) is 86.2 Å². The number of carbonyl (C=O) groups is 1. The maximum atomic E-state index is 12.2. The van der Waals surface area contributed by atoms with Crippen molar-refractivity contribution in [2.45, 2.75) is 25.9 Å². The fourth-order valence-corrected chi connectivity index (χ4v) is 2.58. The van der Waals surface area contributed by atoms with Gasteiger partial charge in [-0.3, -0.25) is 0 Å². The second-order valence-electron chi connectivity index (χ2n) is 4.89. The summed E-state index contributed by atoms with van der Waals surface area (Å²) in [6.45, 7) is 5.28. The van der Waals surface area contributed by atoms with E-state index in [0.29, 0.717) is 5.75 Å². The molecule has 0 saturated heterocycles.